The van der Waals surface area contributed by atoms with Gasteiger partial charge in [0, 0.05) is 37.6 Å². The van der Waals surface area contributed by atoms with E-state index in [1.54, 1.807) is 4.57 Å². The van der Waals surface area contributed by atoms with Gasteiger partial charge in [-0.1, -0.05) is 12.1 Å². The van der Waals surface area contributed by atoms with E-state index in [0.717, 1.165) is 6.07 Å². The van der Waals surface area contributed by atoms with Crippen LogP contribution in [0.4, 0.5) is 4.39 Å². The van der Waals surface area contributed by atoms with Gasteiger partial charge < -0.3 is 4.57 Å². The zero-order valence-electron chi connectivity index (χ0n) is 13.6. The van der Waals surface area contributed by atoms with Crippen LogP contribution in [-0.4, -0.2) is 36.3 Å². The third-order valence-corrected chi connectivity index (χ3v) is 7.00. The van der Waals surface area contributed by atoms with Crippen molar-refractivity contribution < 1.29 is 17.6 Å². The lowest BCUT2D eigenvalue weighted by Gasteiger charge is -2.29. The van der Waals surface area contributed by atoms with Crippen molar-refractivity contribution in [2.45, 2.75) is 17.7 Å². The zero-order valence-corrected chi connectivity index (χ0v) is 15.3. The van der Waals surface area contributed by atoms with Crippen LogP contribution in [0.25, 0.3) is 0 Å². The predicted molar refractivity (Wildman–Crippen MR) is 91.7 cm³/mol. The molecule has 1 aliphatic rings. The maximum atomic E-state index is 13.8. The fourth-order valence-electron chi connectivity index (χ4n) is 2.76. The molecule has 0 atom stereocenters. The van der Waals surface area contributed by atoms with Crippen LogP contribution in [0.2, 0.25) is 0 Å². The van der Waals surface area contributed by atoms with Crippen LogP contribution in [0.3, 0.4) is 0 Å². The number of rotatable bonds is 3. The maximum absolute atomic E-state index is 13.8. The summed E-state index contributed by atoms with van der Waals surface area (Å²) in [7, 11) is -2.07. The van der Waals surface area contributed by atoms with E-state index in [1.807, 2.05) is 18.6 Å². The number of sulfonamides is 1. The number of amides is 1. The fourth-order valence-corrected chi connectivity index (χ4v) is 5.03. The van der Waals surface area contributed by atoms with Gasteiger partial charge in [-0.25, -0.2) is 12.8 Å². The highest BCUT2D eigenvalue weighted by Crippen LogP contribution is 2.25. The smallest absolute Gasteiger partial charge is 0.251 e. The minimum absolute atomic E-state index is 0.180. The third kappa shape index (κ3) is 3.73. The molecule has 0 radical (unpaired) electrons. The molecule has 1 aromatic carbocycles. The zero-order chi connectivity index (χ0) is 18.0. The average molecular weight is 383 g/mol. The Balaban J connectivity index is 1.71. The lowest BCUT2D eigenvalue weighted by Crippen LogP contribution is -2.40. The number of aryl methyl sites for hydroxylation is 1. The molecule has 0 bridgehead atoms. The molecular formula is C16H18FN3O3S2. The Morgan fingerprint density at radius 2 is 1.96 bits per heavy atom. The summed E-state index contributed by atoms with van der Waals surface area (Å²) in [5.41, 5.74) is 0. The fraction of sp³-hybridized carbons (Fsp3) is 0.375. The van der Waals surface area contributed by atoms with Crippen LogP contribution < -0.4 is 4.80 Å². The molecular weight excluding hydrogens is 365 g/mol. The van der Waals surface area contributed by atoms with E-state index in [4.69, 9.17) is 0 Å². The molecule has 1 saturated heterocycles. The summed E-state index contributed by atoms with van der Waals surface area (Å²) < 4.78 is 41.9. The van der Waals surface area contributed by atoms with E-state index in [0.29, 0.717) is 17.6 Å². The molecule has 1 fully saturated rings. The molecule has 0 spiro atoms. The maximum Gasteiger partial charge on any atom is 0.251 e. The van der Waals surface area contributed by atoms with Gasteiger partial charge in [0.1, 0.15) is 10.7 Å². The van der Waals surface area contributed by atoms with Gasteiger partial charge in [0.15, 0.2) is 4.80 Å². The highest BCUT2D eigenvalue weighted by Gasteiger charge is 2.33. The number of hydrogen-bond acceptors (Lipinski definition) is 4. The summed E-state index contributed by atoms with van der Waals surface area (Å²) >= 11 is 1.37. The summed E-state index contributed by atoms with van der Waals surface area (Å²) in [6.07, 6.45) is 2.58. The standard InChI is InChI=1S/C16H18FN3O3S2/c1-19-10-11-24-16(19)18-15(21)12-6-8-20(9-7-12)25(22,23)14-5-3-2-4-13(14)17/h2-5,10-12H,6-9H2,1H3. The second-order valence-electron chi connectivity index (χ2n) is 5.86. The number of aromatic nitrogens is 1. The lowest BCUT2D eigenvalue weighted by molar-refractivity contribution is -0.122. The predicted octanol–water partition coefficient (Wildman–Crippen LogP) is 1.75. The van der Waals surface area contributed by atoms with Crippen molar-refractivity contribution in [3.63, 3.8) is 0 Å². The normalized spacial score (nSPS) is 17.8. The van der Waals surface area contributed by atoms with E-state index in [1.165, 1.54) is 33.8 Å². The molecule has 3 rings (SSSR count). The molecule has 0 aliphatic carbocycles. The summed E-state index contributed by atoms with van der Waals surface area (Å²) in [6, 6.07) is 5.33. The lowest BCUT2D eigenvalue weighted by atomic mass is 9.98. The van der Waals surface area contributed by atoms with Gasteiger partial charge in [0.2, 0.25) is 10.0 Å². The van der Waals surface area contributed by atoms with E-state index < -0.39 is 15.8 Å². The van der Waals surface area contributed by atoms with Gasteiger partial charge in [0.25, 0.3) is 5.91 Å². The number of piperidine rings is 1. The second kappa shape index (κ2) is 7.19. The van der Waals surface area contributed by atoms with Crippen LogP contribution in [0.15, 0.2) is 45.7 Å². The van der Waals surface area contributed by atoms with Crippen molar-refractivity contribution in [3.05, 3.63) is 46.5 Å². The largest absolute Gasteiger partial charge is 0.327 e. The van der Waals surface area contributed by atoms with Gasteiger partial charge in [-0.2, -0.15) is 9.30 Å². The van der Waals surface area contributed by atoms with Gasteiger partial charge >= 0.3 is 0 Å². The number of thiazole rings is 1. The molecule has 25 heavy (non-hydrogen) atoms. The highest BCUT2D eigenvalue weighted by molar-refractivity contribution is 7.89. The molecule has 2 aromatic rings. The van der Waals surface area contributed by atoms with Crippen LogP contribution in [0, 0.1) is 11.7 Å². The van der Waals surface area contributed by atoms with Gasteiger partial charge in [0.05, 0.1) is 0 Å². The quantitative estimate of drug-likeness (QED) is 0.811. The number of carbonyl (C=O) groups is 1. The third-order valence-electron chi connectivity index (χ3n) is 4.22. The van der Waals surface area contributed by atoms with E-state index >= 15 is 0 Å². The summed E-state index contributed by atoms with van der Waals surface area (Å²) in [5, 5.41) is 1.84. The van der Waals surface area contributed by atoms with Crippen LogP contribution in [-0.2, 0) is 21.9 Å². The first-order chi connectivity index (χ1) is 11.9. The van der Waals surface area contributed by atoms with Gasteiger partial charge in [-0.05, 0) is 25.0 Å². The molecule has 0 saturated carbocycles. The number of hydrogen-bond donors (Lipinski definition) is 0. The van der Waals surface area contributed by atoms with Crippen molar-refractivity contribution in [1.29, 1.82) is 0 Å². The Morgan fingerprint density at radius 3 is 2.56 bits per heavy atom. The Kier molecular flexibility index (Phi) is 5.16. The number of halogens is 1. The Hall–Kier alpha value is -1.84. The van der Waals surface area contributed by atoms with E-state index in [2.05, 4.69) is 4.99 Å². The van der Waals surface area contributed by atoms with Gasteiger partial charge in [-0.15, -0.1) is 11.3 Å². The summed E-state index contributed by atoms with van der Waals surface area (Å²) in [5.74, 6) is -1.31. The summed E-state index contributed by atoms with van der Waals surface area (Å²) in [6.45, 7) is 0.359. The van der Waals surface area contributed by atoms with Crippen LogP contribution in [0.5, 0.6) is 0 Å². The van der Waals surface area contributed by atoms with Crippen LogP contribution in [0.1, 0.15) is 12.8 Å². The number of benzene rings is 1. The molecule has 6 nitrogen and oxygen atoms in total. The molecule has 9 heteroatoms. The Labute approximate surface area is 149 Å². The van der Waals surface area contributed by atoms with E-state index in [-0.39, 0.29) is 29.8 Å². The first-order valence-electron chi connectivity index (χ1n) is 7.83. The molecule has 2 heterocycles. The molecule has 134 valence electrons. The molecule has 1 aromatic heterocycles. The first kappa shape index (κ1) is 18.0. The van der Waals surface area contributed by atoms with Crippen molar-refractivity contribution in [2.75, 3.05) is 13.1 Å². The number of carbonyl (C=O) groups excluding carboxylic acids is 1. The average Bonchev–Trinajstić information content (AvgIpc) is 3.00. The topological polar surface area (TPSA) is 71.7 Å². The van der Waals surface area contributed by atoms with Crippen LogP contribution >= 0.6 is 11.3 Å². The monoisotopic (exact) mass is 383 g/mol. The Morgan fingerprint density at radius 1 is 1.28 bits per heavy atom. The second-order valence-corrected chi connectivity index (χ2v) is 8.63. The minimum Gasteiger partial charge on any atom is -0.327 e. The van der Waals surface area contributed by atoms with E-state index in [9.17, 15) is 17.6 Å². The first-order valence-corrected chi connectivity index (χ1v) is 10.1. The number of nitrogens with zero attached hydrogens (tertiary/aromatic N) is 3. The molecule has 1 amide bonds. The van der Waals surface area contributed by atoms with Crippen molar-refractivity contribution >= 4 is 27.3 Å². The molecule has 1 aliphatic heterocycles. The summed E-state index contributed by atoms with van der Waals surface area (Å²) in [4.78, 5) is 16.7. The Bertz CT molecular complexity index is 941. The molecule has 0 unspecified atom stereocenters. The highest BCUT2D eigenvalue weighted by atomic mass is 32.2. The SMILES string of the molecule is Cn1ccsc1=NC(=O)C1CCN(S(=O)(=O)c2ccccc2F)CC1. The van der Waals surface area contributed by atoms with Crippen molar-refractivity contribution in [1.82, 2.24) is 8.87 Å². The molecule has 0 N–H and O–H groups in total. The van der Waals surface area contributed by atoms with Crippen molar-refractivity contribution in [3.8, 4) is 0 Å². The van der Waals surface area contributed by atoms with Gasteiger partial charge in [-0.3, -0.25) is 4.79 Å². The van der Waals surface area contributed by atoms with Crippen molar-refractivity contribution in [2.24, 2.45) is 18.0 Å². The minimum atomic E-state index is -3.88.